The zero-order valence-electron chi connectivity index (χ0n) is 8.97. The average molecular weight is 281 g/mol. The zero-order chi connectivity index (χ0) is 12.9. The van der Waals surface area contributed by atoms with Crippen LogP contribution in [0.3, 0.4) is 0 Å². The number of sulfonamides is 1. The van der Waals surface area contributed by atoms with Gasteiger partial charge in [-0.15, -0.1) is 11.6 Å². The molecular weight excluding hydrogens is 268 g/mol. The van der Waals surface area contributed by atoms with Crippen molar-refractivity contribution in [2.75, 3.05) is 16.4 Å². The molecule has 0 aliphatic heterocycles. The summed E-state index contributed by atoms with van der Waals surface area (Å²) >= 11 is 5.41. The van der Waals surface area contributed by atoms with Crippen LogP contribution in [-0.4, -0.2) is 35.7 Å². The molecule has 0 radical (unpaired) electrons. The van der Waals surface area contributed by atoms with Crippen LogP contribution in [0.2, 0.25) is 0 Å². The van der Waals surface area contributed by atoms with E-state index in [-0.39, 0.29) is 18.2 Å². The number of primary amides is 1. The first-order valence-corrected chi connectivity index (χ1v) is 6.99. The molecule has 1 aromatic heterocycles. The fraction of sp³-hybridized carbons (Fsp3) is 0.500. The molecule has 0 fully saturated rings. The fourth-order valence-corrected chi connectivity index (χ4v) is 2.52. The average Bonchev–Trinajstić information content (AvgIpc) is 2.60. The maximum Gasteiger partial charge on any atom is 0.239 e. The molecule has 17 heavy (non-hydrogen) atoms. The molecule has 1 amide bonds. The molecule has 0 aliphatic rings. The number of aromatic nitrogens is 2. The van der Waals surface area contributed by atoms with Gasteiger partial charge < -0.3 is 5.73 Å². The summed E-state index contributed by atoms with van der Waals surface area (Å²) in [6, 6.07) is 0. The van der Waals surface area contributed by atoms with Crippen LogP contribution >= 0.6 is 11.6 Å². The second kappa shape index (κ2) is 5.87. The number of rotatable bonds is 7. The topological polar surface area (TPSA) is 107 Å². The molecule has 0 saturated carbocycles. The maximum atomic E-state index is 11.5. The first-order valence-electron chi connectivity index (χ1n) is 4.80. The van der Waals surface area contributed by atoms with Crippen LogP contribution in [-0.2, 0) is 21.4 Å². The molecule has 96 valence electrons. The number of nitrogens with one attached hydrogen (secondary N) is 1. The summed E-state index contributed by atoms with van der Waals surface area (Å²) in [4.78, 5) is 10.6. The lowest BCUT2D eigenvalue weighted by atomic mass is 10.6. The standard InChI is InChI=1S/C8H13ClN4O3S/c9-2-1-3-17(15,16)12-7-4-11-13(5-7)6-8(10)14/h4-5,12H,1-3,6H2,(H2,10,14). The third kappa shape index (κ3) is 5.05. The van der Waals surface area contributed by atoms with Crippen LogP contribution in [0.15, 0.2) is 12.4 Å². The molecule has 0 atom stereocenters. The minimum Gasteiger partial charge on any atom is -0.368 e. The first-order chi connectivity index (χ1) is 7.93. The van der Waals surface area contributed by atoms with Gasteiger partial charge in [0.2, 0.25) is 15.9 Å². The molecule has 1 rings (SSSR count). The van der Waals surface area contributed by atoms with Crippen molar-refractivity contribution in [1.29, 1.82) is 0 Å². The van der Waals surface area contributed by atoms with Crippen LogP contribution in [0.1, 0.15) is 6.42 Å². The number of halogens is 1. The Hall–Kier alpha value is -1.28. The Morgan fingerprint density at radius 1 is 1.59 bits per heavy atom. The maximum absolute atomic E-state index is 11.5. The highest BCUT2D eigenvalue weighted by atomic mass is 35.5. The summed E-state index contributed by atoms with van der Waals surface area (Å²) in [6.07, 6.45) is 3.07. The quantitative estimate of drug-likeness (QED) is 0.671. The molecule has 0 spiro atoms. The van der Waals surface area contributed by atoms with Gasteiger partial charge in [0.25, 0.3) is 0 Å². The molecule has 3 N–H and O–H groups in total. The van der Waals surface area contributed by atoms with Gasteiger partial charge in [-0.25, -0.2) is 8.42 Å². The third-order valence-corrected chi connectivity index (χ3v) is 3.41. The van der Waals surface area contributed by atoms with Gasteiger partial charge in [0, 0.05) is 12.1 Å². The van der Waals surface area contributed by atoms with Gasteiger partial charge in [-0.2, -0.15) is 5.10 Å². The van der Waals surface area contributed by atoms with Crippen molar-refractivity contribution in [1.82, 2.24) is 9.78 Å². The Bertz CT molecular complexity index is 485. The van der Waals surface area contributed by atoms with Crippen molar-refractivity contribution >= 4 is 33.2 Å². The van der Waals surface area contributed by atoms with E-state index in [0.717, 1.165) is 0 Å². The second-order valence-corrected chi connectivity index (χ2v) is 5.58. The largest absolute Gasteiger partial charge is 0.368 e. The van der Waals surface area contributed by atoms with E-state index in [9.17, 15) is 13.2 Å². The number of hydrogen-bond donors (Lipinski definition) is 2. The van der Waals surface area contributed by atoms with Crippen LogP contribution in [0.4, 0.5) is 5.69 Å². The SMILES string of the molecule is NC(=O)Cn1cc(NS(=O)(=O)CCCCl)cn1. The smallest absolute Gasteiger partial charge is 0.239 e. The van der Waals surface area contributed by atoms with E-state index in [2.05, 4.69) is 9.82 Å². The van der Waals surface area contributed by atoms with Crippen molar-refractivity contribution in [3.8, 4) is 0 Å². The Balaban J connectivity index is 2.62. The summed E-state index contributed by atoms with van der Waals surface area (Å²) in [5.74, 6) is -0.330. The van der Waals surface area contributed by atoms with E-state index in [0.29, 0.717) is 12.1 Å². The number of amides is 1. The summed E-state index contributed by atoms with van der Waals surface area (Å²) in [6.45, 7) is -0.0938. The summed E-state index contributed by atoms with van der Waals surface area (Å²) < 4.78 is 26.6. The Morgan fingerprint density at radius 2 is 2.29 bits per heavy atom. The minimum absolute atomic E-state index is 0.0580. The monoisotopic (exact) mass is 280 g/mol. The molecule has 0 saturated heterocycles. The van der Waals surface area contributed by atoms with Crippen molar-refractivity contribution < 1.29 is 13.2 Å². The number of anilines is 1. The van der Waals surface area contributed by atoms with Crippen molar-refractivity contribution in [2.24, 2.45) is 5.73 Å². The second-order valence-electron chi connectivity index (χ2n) is 3.36. The van der Waals surface area contributed by atoms with E-state index < -0.39 is 15.9 Å². The molecule has 0 aliphatic carbocycles. The molecule has 7 nitrogen and oxygen atoms in total. The first kappa shape index (κ1) is 13.8. The van der Waals surface area contributed by atoms with Crippen molar-refractivity contribution in [2.45, 2.75) is 13.0 Å². The van der Waals surface area contributed by atoms with Crippen molar-refractivity contribution in [3.63, 3.8) is 0 Å². The minimum atomic E-state index is -3.42. The predicted molar refractivity (Wildman–Crippen MR) is 64.2 cm³/mol. The number of nitrogens with zero attached hydrogens (tertiary/aromatic N) is 2. The molecule has 1 heterocycles. The molecule has 9 heteroatoms. The Kier molecular flexibility index (Phi) is 4.76. The molecule has 0 unspecified atom stereocenters. The normalized spacial score (nSPS) is 11.4. The lowest BCUT2D eigenvalue weighted by Crippen LogP contribution is -2.19. The van der Waals surface area contributed by atoms with Crippen LogP contribution in [0, 0.1) is 0 Å². The summed E-state index contributed by atoms with van der Waals surface area (Å²) in [5, 5.41) is 3.78. The summed E-state index contributed by atoms with van der Waals surface area (Å²) in [5.41, 5.74) is 5.27. The van der Waals surface area contributed by atoms with Gasteiger partial charge in [0.05, 0.1) is 17.6 Å². The van der Waals surface area contributed by atoms with Crippen LogP contribution in [0.5, 0.6) is 0 Å². The van der Waals surface area contributed by atoms with Crippen LogP contribution in [0.25, 0.3) is 0 Å². The van der Waals surface area contributed by atoms with E-state index in [1.807, 2.05) is 0 Å². The number of alkyl halides is 1. The van der Waals surface area contributed by atoms with Gasteiger partial charge in [-0.1, -0.05) is 0 Å². The van der Waals surface area contributed by atoms with E-state index in [4.69, 9.17) is 17.3 Å². The van der Waals surface area contributed by atoms with E-state index in [1.165, 1.54) is 17.1 Å². The van der Waals surface area contributed by atoms with Gasteiger partial charge in [0.15, 0.2) is 0 Å². The highest BCUT2D eigenvalue weighted by Crippen LogP contribution is 2.08. The molecule has 0 bridgehead atoms. The molecule has 1 aromatic rings. The summed E-state index contributed by atoms with van der Waals surface area (Å²) in [7, 11) is -3.42. The van der Waals surface area contributed by atoms with E-state index in [1.54, 1.807) is 0 Å². The molecule has 0 aromatic carbocycles. The van der Waals surface area contributed by atoms with E-state index >= 15 is 0 Å². The third-order valence-electron chi connectivity index (χ3n) is 1.77. The number of carbonyl (C=O) groups excluding carboxylic acids is 1. The highest BCUT2D eigenvalue weighted by Gasteiger charge is 2.11. The molecular formula is C8H13ClN4O3S. The zero-order valence-corrected chi connectivity index (χ0v) is 10.5. The van der Waals surface area contributed by atoms with Gasteiger partial charge >= 0.3 is 0 Å². The number of hydrogen-bond acceptors (Lipinski definition) is 4. The number of nitrogens with two attached hydrogens (primary N) is 1. The lowest BCUT2D eigenvalue weighted by molar-refractivity contribution is -0.118. The fourth-order valence-electron chi connectivity index (χ4n) is 1.14. The highest BCUT2D eigenvalue weighted by molar-refractivity contribution is 7.92. The lowest BCUT2D eigenvalue weighted by Gasteiger charge is -2.03. The van der Waals surface area contributed by atoms with Gasteiger partial charge in [-0.05, 0) is 6.42 Å². The van der Waals surface area contributed by atoms with Gasteiger partial charge in [0.1, 0.15) is 6.54 Å². The predicted octanol–water partition coefficient (Wildman–Crippen LogP) is -0.261. The van der Waals surface area contributed by atoms with Crippen molar-refractivity contribution in [3.05, 3.63) is 12.4 Å². The number of carbonyl (C=O) groups is 1. The Labute approximate surface area is 104 Å². The Morgan fingerprint density at radius 3 is 2.88 bits per heavy atom. The van der Waals surface area contributed by atoms with Crippen LogP contribution < -0.4 is 10.5 Å². The van der Waals surface area contributed by atoms with Gasteiger partial charge in [-0.3, -0.25) is 14.2 Å².